The maximum Gasteiger partial charge on any atom is 0.209 e. The van der Waals surface area contributed by atoms with Crippen LogP contribution in [0.1, 0.15) is 37.3 Å². The summed E-state index contributed by atoms with van der Waals surface area (Å²) in [6, 6.07) is 12.4. The van der Waals surface area contributed by atoms with Crippen LogP contribution in [0.5, 0.6) is 0 Å². The van der Waals surface area contributed by atoms with E-state index in [1.165, 1.54) is 31.4 Å². The van der Waals surface area contributed by atoms with Crippen LogP contribution in [0.4, 0.5) is 0 Å². The molecule has 2 aromatic rings. The number of amides is 1. The zero-order valence-electron chi connectivity index (χ0n) is 12.7. The lowest BCUT2D eigenvalue weighted by Crippen LogP contribution is -2.56. The van der Waals surface area contributed by atoms with Crippen LogP contribution in [0.25, 0.3) is 5.69 Å². The molecule has 1 aromatic heterocycles. The van der Waals surface area contributed by atoms with E-state index < -0.39 is 0 Å². The quantitative estimate of drug-likeness (QED) is 0.816. The Balaban J connectivity index is 1.42. The van der Waals surface area contributed by atoms with Gasteiger partial charge in [-0.15, -0.1) is 0 Å². The average Bonchev–Trinajstić information content (AvgIpc) is 3.03. The Morgan fingerprint density at radius 1 is 1.09 bits per heavy atom. The molecule has 1 saturated carbocycles. The van der Waals surface area contributed by atoms with Gasteiger partial charge in [0.1, 0.15) is 0 Å². The largest absolute Gasteiger partial charge is 0.344 e. The SMILES string of the molecule is O=CN1CC2(CCC(c3ccn(-c4ccccc4)n3)CC2)C1. The molecule has 114 valence electrons. The molecule has 4 nitrogen and oxygen atoms in total. The van der Waals surface area contributed by atoms with Crippen molar-refractivity contribution in [1.82, 2.24) is 14.7 Å². The van der Waals surface area contributed by atoms with Crippen molar-refractivity contribution in [2.24, 2.45) is 5.41 Å². The molecule has 1 spiro atoms. The fraction of sp³-hybridized carbons (Fsp3) is 0.444. The van der Waals surface area contributed by atoms with Crippen molar-refractivity contribution in [1.29, 1.82) is 0 Å². The van der Waals surface area contributed by atoms with Crippen molar-refractivity contribution in [2.45, 2.75) is 31.6 Å². The van der Waals surface area contributed by atoms with Gasteiger partial charge < -0.3 is 4.90 Å². The Morgan fingerprint density at radius 3 is 2.50 bits per heavy atom. The van der Waals surface area contributed by atoms with Crippen LogP contribution in [0.15, 0.2) is 42.6 Å². The Bertz CT molecular complexity index is 648. The molecule has 2 heterocycles. The van der Waals surface area contributed by atoms with E-state index in [9.17, 15) is 4.79 Å². The van der Waals surface area contributed by atoms with Gasteiger partial charge in [-0.25, -0.2) is 4.68 Å². The van der Waals surface area contributed by atoms with Gasteiger partial charge in [-0.2, -0.15) is 5.10 Å². The van der Waals surface area contributed by atoms with Crippen molar-refractivity contribution in [3.05, 3.63) is 48.3 Å². The lowest BCUT2D eigenvalue weighted by molar-refractivity contribution is -0.131. The van der Waals surface area contributed by atoms with Gasteiger partial charge in [-0.05, 0) is 43.9 Å². The van der Waals surface area contributed by atoms with Gasteiger partial charge in [0.05, 0.1) is 11.4 Å². The minimum atomic E-state index is 0.416. The lowest BCUT2D eigenvalue weighted by atomic mass is 9.65. The van der Waals surface area contributed by atoms with Gasteiger partial charge in [0, 0.05) is 30.6 Å². The average molecular weight is 295 g/mol. The molecule has 1 aliphatic heterocycles. The zero-order chi connectivity index (χ0) is 15.0. The summed E-state index contributed by atoms with van der Waals surface area (Å²) in [6.45, 7) is 1.92. The molecular formula is C18H21N3O. The van der Waals surface area contributed by atoms with Crippen LogP contribution in [-0.2, 0) is 4.79 Å². The summed E-state index contributed by atoms with van der Waals surface area (Å²) < 4.78 is 1.97. The maximum absolute atomic E-state index is 10.7. The molecule has 0 radical (unpaired) electrons. The lowest BCUT2D eigenvalue weighted by Gasteiger charge is -2.52. The monoisotopic (exact) mass is 295 g/mol. The highest BCUT2D eigenvalue weighted by molar-refractivity contribution is 5.49. The second-order valence-corrected chi connectivity index (χ2v) is 6.81. The molecule has 4 heteroatoms. The molecule has 0 atom stereocenters. The van der Waals surface area contributed by atoms with Crippen LogP contribution >= 0.6 is 0 Å². The summed E-state index contributed by atoms with van der Waals surface area (Å²) in [5, 5.41) is 4.78. The first-order chi connectivity index (χ1) is 10.8. The van der Waals surface area contributed by atoms with Gasteiger partial charge in [-0.1, -0.05) is 18.2 Å². The molecule has 2 fully saturated rings. The number of rotatable bonds is 3. The molecular weight excluding hydrogens is 274 g/mol. The Morgan fingerprint density at radius 2 is 1.82 bits per heavy atom. The summed E-state index contributed by atoms with van der Waals surface area (Å²) >= 11 is 0. The number of hydrogen-bond donors (Lipinski definition) is 0. The van der Waals surface area contributed by atoms with Gasteiger partial charge in [0.25, 0.3) is 0 Å². The minimum absolute atomic E-state index is 0.416. The number of benzene rings is 1. The number of carbonyl (C=O) groups is 1. The normalized spacial score (nSPS) is 20.8. The molecule has 0 N–H and O–H groups in total. The van der Waals surface area contributed by atoms with E-state index in [0.29, 0.717) is 11.3 Å². The number of carbonyl (C=O) groups excluding carboxylic acids is 1. The summed E-state index contributed by atoms with van der Waals surface area (Å²) in [5.74, 6) is 0.570. The van der Waals surface area contributed by atoms with Crippen LogP contribution in [0.3, 0.4) is 0 Å². The van der Waals surface area contributed by atoms with Gasteiger partial charge in [0.15, 0.2) is 0 Å². The van der Waals surface area contributed by atoms with Crippen LogP contribution in [0, 0.1) is 5.41 Å². The number of likely N-dealkylation sites (tertiary alicyclic amines) is 1. The van der Waals surface area contributed by atoms with Crippen LogP contribution in [0.2, 0.25) is 0 Å². The molecule has 2 aliphatic rings. The second kappa shape index (κ2) is 5.27. The van der Waals surface area contributed by atoms with Crippen LogP contribution < -0.4 is 0 Å². The second-order valence-electron chi connectivity index (χ2n) is 6.81. The summed E-state index contributed by atoms with van der Waals surface area (Å²) in [4.78, 5) is 12.6. The van der Waals surface area contributed by atoms with Crippen molar-refractivity contribution in [2.75, 3.05) is 13.1 Å². The zero-order valence-corrected chi connectivity index (χ0v) is 12.7. The van der Waals surface area contributed by atoms with E-state index >= 15 is 0 Å². The molecule has 1 aliphatic carbocycles. The van der Waals surface area contributed by atoms with Crippen molar-refractivity contribution < 1.29 is 4.79 Å². The summed E-state index contributed by atoms with van der Waals surface area (Å²) in [5.41, 5.74) is 2.74. The Kier molecular flexibility index (Phi) is 3.25. The molecule has 1 amide bonds. The Hall–Kier alpha value is -2.10. The fourth-order valence-electron chi connectivity index (χ4n) is 4.01. The van der Waals surface area contributed by atoms with E-state index in [0.717, 1.165) is 25.2 Å². The number of para-hydroxylation sites is 1. The third kappa shape index (κ3) is 2.32. The highest BCUT2D eigenvalue weighted by atomic mass is 16.1. The number of aromatic nitrogens is 2. The number of hydrogen-bond acceptors (Lipinski definition) is 2. The molecule has 0 unspecified atom stereocenters. The maximum atomic E-state index is 10.7. The first kappa shape index (κ1) is 13.6. The fourth-order valence-corrected chi connectivity index (χ4v) is 4.01. The Labute approximate surface area is 130 Å². The van der Waals surface area contributed by atoms with Gasteiger partial charge in [0.2, 0.25) is 6.41 Å². The third-order valence-electron chi connectivity index (χ3n) is 5.32. The first-order valence-electron chi connectivity index (χ1n) is 8.08. The van der Waals surface area contributed by atoms with Crippen molar-refractivity contribution in [3.8, 4) is 5.69 Å². The van der Waals surface area contributed by atoms with Gasteiger partial charge >= 0.3 is 0 Å². The molecule has 22 heavy (non-hydrogen) atoms. The third-order valence-corrected chi connectivity index (χ3v) is 5.32. The molecule has 1 aromatic carbocycles. The summed E-state index contributed by atoms with van der Waals surface area (Å²) in [7, 11) is 0. The number of nitrogens with zero attached hydrogens (tertiary/aromatic N) is 3. The highest BCUT2D eigenvalue weighted by Gasteiger charge is 2.45. The standard InChI is InChI=1S/C18H21N3O/c22-14-20-12-18(13-20)9-6-15(7-10-18)17-8-11-21(19-17)16-4-2-1-3-5-16/h1-5,8,11,14-15H,6-7,9-10,12-13H2. The molecule has 0 bridgehead atoms. The van der Waals surface area contributed by atoms with Gasteiger partial charge in [-0.3, -0.25) is 4.79 Å². The van der Waals surface area contributed by atoms with E-state index in [1.807, 2.05) is 27.8 Å². The highest BCUT2D eigenvalue weighted by Crippen LogP contribution is 2.47. The van der Waals surface area contributed by atoms with Crippen molar-refractivity contribution >= 4 is 6.41 Å². The topological polar surface area (TPSA) is 38.1 Å². The molecule has 4 rings (SSSR count). The van der Waals surface area contributed by atoms with E-state index in [-0.39, 0.29) is 0 Å². The van der Waals surface area contributed by atoms with Crippen molar-refractivity contribution in [3.63, 3.8) is 0 Å². The van der Waals surface area contributed by atoms with E-state index in [4.69, 9.17) is 5.10 Å². The predicted molar refractivity (Wildman–Crippen MR) is 84.8 cm³/mol. The summed E-state index contributed by atoms with van der Waals surface area (Å²) in [6.07, 6.45) is 7.88. The smallest absolute Gasteiger partial charge is 0.209 e. The first-order valence-corrected chi connectivity index (χ1v) is 8.08. The van der Waals surface area contributed by atoms with E-state index in [2.05, 4.69) is 24.4 Å². The molecule has 1 saturated heterocycles. The van der Waals surface area contributed by atoms with E-state index in [1.54, 1.807) is 0 Å². The predicted octanol–water partition coefficient (Wildman–Crippen LogP) is 2.99. The van der Waals surface area contributed by atoms with Crippen LogP contribution in [-0.4, -0.2) is 34.2 Å². The minimum Gasteiger partial charge on any atom is -0.344 e.